The Labute approximate surface area is 146 Å². The lowest BCUT2D eigenvalue weighted by Crippen LogP contribution is -2.41. The molecule has 1 fully saturated rings. The van der Waals surface area contributed by atoms with Crippen molar-refractivity contribution in [2.75, 3.05) is 0 Å². The minimum Gasteiger partial charge on any atom is -0.398 e. The summed E-state index contributed by atoms with van der Waals surface area (Å²) in [6.45, 7) is 7.44. The molecular weight excluding hydrogens is 323 g/mol. The molecule has 2 aromatic rings. The average molecular weight is 343 g/mol. The van der Waals surface area contributed by atoms with E-state index in [1.54, 1.807) is 30.6 Å². The Kier molecular flexibility index (Phi) is 4.52. The number of aromatic nitrogens is 1. The zero-order chi connectivity index (χ0) is 18.2. The van der Waals surface area contributed by atoms with Gasteiger partial charge in [0, 0.05) is 18.0 Å². The number of rotatable bonds is 3. The van der Waals surface area contributed by atoms with Crippen LogP contribution in [-0.2, 0) is 9.31 Å². The fourth-order valence-electron chi connectivity index (χ4n) is 2.57. The van der Waals surface area contributed by atoms with E-state index in [1.165, 1.54) is 18.2 Å². The van der Waals surface area contributed by atoms with Gasteiger partial charge in [0.05, 0.1) is 11.2 Å². The van der Waals surface area contributed by atoms with Crippen LogP contribution in [0.1, 0.15) is 33.3 Å². The Morgan fingerprint density at radius 1 is 1.04 bits per heavy atom. The van der Waals surface area contributed by atoms with Gasteiger partial charge in [-0.1, -0.05) is 6.07 Å². The second kappa shape index (κ2) is 6.35. The van der Waals surface area contributed by atoms with Crippen molar-refractivity contribution in [1.82, 2.24) is 4.98 Å². The summed E-state index contributed by atoms with van der Waals surface area (Å²) in [5.74, 6) is -0.376. The molecule has 25 heavy (non-hydrogen) atoms. The first-order valence-corrected chi connectivity index (χ1v) is 8.12. The highest BCUT2D eigenvalue weighted by Gasteiger charge is 2.53. The number of pyridine rings is 1. The molecule has 0 aliphatic carbocycles. The third kappa shape index (κ3) is 3.50. The molecule has 0 spiro atoms. The smallest absolute Gasteiger partial charge is 0.398 e. The Balaban J connectivity index is 1.89. The summed E-state index contributed by atoms with van der Waals surface area (Å²) in [5.41, 5.74) is -0.190. The van der Waals surface area contributed by atoms with Crippen molar-refractivity contribution in [2.45, 2.75) is 38.9 Å². The highest BCUT2D eigenvalue weighted by atomic mass is 19.1. The maximum atomic E-state index is 14.6. The monoisotopic (exact) mass is 343 g/mol. The second-order valence-electron chi connectivity index (χ2n) is 7.09. The first kappa shape index (κ1) is 17.8. The maximum Gasteiger partial charge on any atom is 0.525 e. The molecule has 0 radical (unpaired) electrons. The van der Waals surface area contributed by atoms with E-state index >= 15 is 0 Å². The standard InChI is InChI=1S/C19H20BF2NO2/c1-18(2)19(3,4)25-20(24-18)17(22)12-13-5-6-16(21)15(11-13)14-7-9-23-10-8-14/h5-12H,1-4H3. The number of hydrogen-bond acceptors (Lipinski definition) is 3. The van der Waals surface area contributed by atoms with Gasteiger partial charge >= 0.3 is 7.12 Å². The van der Waals surface area contributed by atoms with Crippen LogP contribution in [0.4, 0.5) is 8.78 Å². The summed E-state index contributed by atoms with van der Waals surface area (Å²) < 4.78 is 40.1. The van der Waals surface area contributed by atoms with Crippen LogP contribution >= 0.6 is 0 Å². The van der Waals surface area contributed by atoms with Crippen molar-refractivity contribution >= 4 is 13.2 Å². The van der Waals surface area contributed by atoms with Crippen LogP contribution in [0.5, 0.6) is 0 Å². The molecule has 1 aromatic carbocycles. The fraction of sp³-hybridized carbons (Fsp3) is 0.316. The zero-order valence-corrected chi connectivity index (χ0v) is 14.7. The van der Waals surface area contributed by atoms with Crippen molar-refractivity contribution in [2.24, 2.45) is 0 Å². The van der Waals surface area contributed by atoms with Crippen LogP contribution in [0.2, 0.25) is 0 Å². The summed E-state index contributed by atoms with van der Waals surface area (Å²) >= 11 is 0. The van der Waals surface area contributed by atoms with Gasteiger partial charge in [-0.05, 0) is 69.2 Å². The van der Waals surface area contributed by atoms with E-state index in [4.69, 9.17) is 9.31 Å². The van der Waals surface area contributed by atoms with Crippen LogP contribution < -0.4 is 0 Å². The third-order valence-electron chi connectivity index (χ3n) is 4.76. The lowest BCUT2D eigenvalue weighted by Gasteiger charge is -2.32. The van der Waals surface area contributed by atoms with Crippen molar-refractivity contribution in [3.8, 4) is 11.1 Å². The van der Waals surface area contributed by atoms with Gasteiger partial charge in [0.15, 0.2) is 0 Å². The van der Waals surface area contributed by atoms with E-state index in [0.717, 1.165) is 0 Å². The summed E-state index contributed by atoms with van der Waals surface area (Å²) in [5, 5.41) is 0. The maximum absolute atomic E-state index is 14.6. The predicted octanol–water partition coefficient (Wildman–Crippen LogP) is 4.83. The lowest BCUT2D eigenvalue weighted by molar-refractivity contribution is 0.00578. The van der Waals surface area contributed by atoms with Crippen molar-refractivity contribution in [3.63, 3.8) is 0 Å². The van der Waals surface area contributed by atoms with Gasteiger partial charge in [-0.25, -0.2) is 8.78 Å². The Bertz CT molecular complexity index is 790. The number of hydrogen-bond donors (Lipinski definition) is 0. The van der Waals surface area contributed by atoms with E-state index in [0.29, 0.717) is 16.7 Å². The Morgan fingerprint density at radius 2 is 1.64 bits per heavy atom. The minimum absolute atomic E-state index is 0.376. The van der Waals surface area contributed by atoms with Crippen molar-refractivity contribution in [1.29, 1.82) is 0 Å². The molecule has 3 nitrogen and oxygen atoms in total. The minimum atomic E-state index is -1.07. The zero-order valence-electron chi connectivity index (χ0n) is 14.7. The lowest BCUT2D eigenvalue weighted by atomic mass is 9.86. The molecule has 0 N–H and O–H groups in total. The van der Waals surface area contributed by atoms with Gasteiger partial charge in [-0.15, -0.1) is 0 Å². The molecule has 0 bridgehead atoms. The Morgan fingerprint density at radius 3 is 2.24 bits per heavy atom. The van der Waals surface area contributed by atoms with E-state index in [2.05, 4.69) is 4.98 Å². The van der Waals surface area contributed by atoms with Gasteiger partial charge in [0.2, 0.25) is 0 Å². The van der Waals surface area contributed by atoms with Crippen LogP contribution in [0.3, 0.4) is 0 Å². The molecule has 1 saturated heterocycles. The molecule has 0 saturated carbocycles. The number of halogens is 2. The third-order valence-corrected chi connectivity index (χ3v) is 4.76. The molecule has 6 heteroatoms. The molecule has 0 amide bonds. The molecule has 1 aliphatic heterocycles. The highest BCUT2D eigenvalue weighted by Crippen LogP contribution is 2.39. The molecule has 1 aliphatic rings. The fourth-order valence-corrected chi connectivity index (χ4v) is 2.57. The van der Waals surface area contributed by atoms with Gasteiger partial charge in [-0.3, -0.25) is 4.98 Å². The molecule has 0 unspecified atom stereocenters. The van der Waals surface area contributed by atoms with Gasteiger partial charge < -0.3 is 9.31 Å². The van der Waals surface area contributed by atoms with Crippen LogP contribution in [0.25, 0.3) is 17.2 Å². The van der Waals surface area contributed by atoms with Gasteiger partial charge in [0.25, 0.3) is 0 Å². The quantitative estimate of drug-likeness (QED) is 0.748. The van der Waals surface area contributed by atoms with Crippen molar-refractivity contribution in [3.05, 3.63) is 59.8 Å². The van der Waals surface area contributed by atoms with E-state index in [-0.39, 0.29) is 5.82 Å². The van der Waals surface area contributed by atoms with Crippen LogP contribution in [0.15, 0.2) is 48.5 Å². The Hall–Kier alpha value is -2.05. The van der Waals surface area contributed by atoms with Crippen LogP contribution in [-0.4, -0.2) is 23.3 Å². The van der Waals surface area contributed by atoms with Gasteiger partial charge in [0.1, 0.15) is 11.5 Å². The molecule has 0 atom stereocenters. The largest absolute Gasteiger partial charge is 0.525 e. The summed E-state index contributed by atoms with van der Waals surface area (Å²) in [7, 11) is -1.07. The van der Waals surface area contributed by atoms with E-state index in [1.807, 2.05) is 27.7 Å². The van der Waals surface area contributed by atoms with Crippen molar-refractivity contribution < 1.29 is 18.1 Å². The summed E-state index contributed by atoms with van der Waals surface area (Å²) in [6.07, 6.45) is 4.48. The summed E-state index contributed by atoms with van der Waals surface area (Å²) in [4.78, 5) is 3.92. The molecule has 3 rings (SSSR count). The normalized spacial score (nSPS) is 19.3. The van der Waals surface area contributed by atoms with E-state index in [9.17, 15) is 8.78 Å². The van der Waals surface area contributed by atoms with E-state index < -0.39 is 24.0 Å². The SMILES string of the molecule is CC1(C)OB(C(F)=Cc2ccc(F)c(-c3ccncc3)c2)OC1(C)C. The molecule has 1 aromatic heterocycles. The number of benzene rings is 1. The first-order valence-electron chi connectivity index (χ1n) is 8.12. The first-order chi connectivity index (χ1) is 11.7. The second-order valence-corrected chi connectivity index (χ2v) is 7.09. The topological polar surface area (TPSA) is 31.4 Å². The summed E-state index contributed by atoms with van der Waals surface area (Å²) in [6, 6.07) is 7.84. The number of nitrogens with zero attached hydrogens (tertiary/aromatic N) is 1. The highest BCUT2D eigenvalue weighted by molar-refractivity contribution is 6.54. The van der Waals surface area contributed by atoms with Crippen LogP contribution in [0, 0.1) is 5.82 Å². The average Bonchev–Trinajstić information content (AvgIpc) is 2.78. The van der Waals surface area contributed by atoms with Gasteiger partial charge in [-0.2, -0.15) is 0 Å². The molecule has 2 heterocycles. The molecular formula is C19H20BF2NO2. The predicted molar refractivity (Wildman–Crippen MR) is 94.8 cm³/mol. The molecule has 130 valence electrons.